The van der Waals surface area contributed by atoms with E-state index in [1.807, 2.05) is 0 Å². The van der Waals surface area contributed by atoms with E-state index in [-0.39, 0.29) is 5.60 Å². The van der Waals surface area contributed by atoms with Gasteiger partial charge in [0, 0.05) is 0 Å². The quantitative estimate of drug-likeness (QED) is 0.471. The molecular weight excluding hydrogens is 88.1 g/mol. The molecule has 0 aromatic heterocycles. The summed E-state index contributed by atoms with van der Waals surface area (Å²) in [5.74, 6) is 1.94. The van der Waals surface area contributed by atoms with E-state index in [1.165, 1.54) is 0 Å². The van der Waals surface area contributed by atoms with Crippen molar-refractivity contribution in [3.8, 4) is 0 Å². The lowest BCUT2D eigenvalue weighted by atomic mass is 10.1. The fraction of sp³-hybridized carbons (Fsp3) is 1.00. The summed E-state index contributed by atoms with van der Waals surface area (Å²) in [7, 11) is 0. The molecule has 2 unspecified atom stereocenters. The molecule has 0 heterocycles. The lowest BCUT2D eigenvalue weighted by Crippen LogP contribution is -2.07. The molecule has 0 spiro atoms. The van der Waals surface area contributed by atoms with E-state index in [4.69, 9.17) is 0 Å². The van der Waals surface area contributed by atoms with Gasteiger partial charge < -0.3 is 5.11 Å². The lowest BCUT2D eigenvalue weighted by Gasteiger charge is -2.02. The lowest BCUT2D eigenvalue weighted by molar-refractivity contribution is 0.155. The Balaban J connectivity index is 2.17. The van der Waals surface area contributed by atoms with Crippen LogP contribution in [0.3, 0.4) is 0 Å². The smallest absolute Gasteiger partial charge is 0.0741 e. The summed E-state index contributed by atoms with van der Waals surface area (Å²) in [4.78, 5) is 0. The maximum Gasteiger partial charge on any atom is 0.0741 e. The number of hydrogen-bond acceptors (Lipinski definition) is 1. The summed E-state index contributed by atoms with van der Waals surface area (Å²) < 4.78 is 0. The summed E-state index contributed by atoms with van der Waals surface area (Å²) in [5, 5.41) is 9.24. The van der Waals surface area contributed by atoms with Gasteiger partial charge in [0.25, 0.3) is 0 Å². The van der Waals surface area contributed by atoms with Gasteiger partial charge in [0.05, 0.1) is 5.60 Å². The average molecular weight is 98.1 g/mol. The van der Waals surface area contributed by atoms with Crippen molar-refractivity contribution in [3.63, 3.8) is 0 Å². The van der Waals surface area contributed by atoms with E-state index < -0.39 is 0 Å². The van der Waals surface area contributed by atoms with Gasteiger partial charge in [-0.2, -0.15) is 0 Å². The van der Waals surface area contributed by atoms with Gasteiger partial charge in [-0.15, -0.1) is 0 Å². The molecule has 7 heavy (non-hydrogen) atoms. The molecule has 0 aromatic carbocycles. The van der Waals surface area contributed by atoms with Gasteiger partial charge in [-0.05, 0) is 17.8 Å². The predicted molar refractivity (Wildman–Crippen MR) is 26.8 cm³/mol. The molecule has 1 nitrogen and oxygen atoms in total. The molecule has 2 aliphatic carbocycles. The summed E-state index contributed by atoms with van der Waals surface area (Å²) in [6.07, 6.45) is 0. The van der Waals surface area contributed by atoms with Crippen molar-refractivity contribution in [2.75, 3.05) is 0 Å². The minimum atomic E-state index is -0.167. The first-order chi connectivity index (χ1) is 3.19. The van der Waals surface area contributed by atoms with E-state index >= 15 is 0 Å². The van der Waals surface area contributed by atoms with E-state index in [1.54, 1.807) is 0 Å². The Kier molecular flexibility index (Phi) is 0.365. The number of rotatable bonds is 0. The largest absolute Gasteiger partial charge is 0.389 e. The summed E-state index contributed by atoms with van der Waals surface area (Å²) >= 11 is 0. The van der Waals surface area contributed by atoms with Crippen molar-refractivity contribution in [3.05, 3.63) is 0 Å². The van der Waals surface area contributed by atoms with Crippen LogP contribution >= 0.6 is 0 Å². The van der Waals surface area contributed by atoms with Gasteiger partial charge in [0.15, 0.2) is 0 Å². The summed E-state index contributed by atoms with van der Waals surface area (Å²) in [5.41, 5.74) is -0.167. The van der Waals surface area contributed by atoms with Gasteiger partial charge >= 0.3 is 0 Å². The number of fused-ring (bicyclic) bond motifs is 1. The Labute approximate surface area is 43.3 Å². The van der Waals surface area contributed by atoms with Gasteiger partial charge in [0.2, 0.25) is 0 Å². The third-order valence-corrected chi connectivity index (χ3v) is 2.85. The molecule has 2 atom stereocenters. The monoisotopic (exact) mass is 98.1 g/mol. The van der Waals surface area contributed by atoms with Gasteiger partial charge in [-0.1, -0.05) is 13.8 Å². The van der Waals surface area contributed by atoms with Crippen LogP contribution in [0.5, 0.6) is 0 Å². The van der Waals surface area contributed by atoms with E-state index in [0.29, 0.717) is 17.8 Å². The van der Waals surface area contributed by atoms with Crippen LogP contribution in [-0.4, -0.2) is 10.7 Å². The SMILES string of the molecule is CC1C2C(C)C12O. The zero-order chi connectivity index (χ0) is 5.23. The minimum Gasteiger partial charge on any atom is -0.389 e. The molecule has 0 aromatic rings. The van der Waals surface area contributed by atoms with Crippen LogP contribution in [0, 0.1) is 17.8 Å². The van der Waals surface area contributed by atoms with Crippen LogP contribution in [0.4, 0.5) is 0 Å². The highest BCUT2D eigenvalue weighted by atomic mass is 16.3. The predicted octanol–water partition coefficient (Wildman–Crippen LogP) is 0.633. The van der Waals surface area contributed by atoms with Crippen LogP contribution in [0.2, 0.25) is 0 Å². The second-order valence-electron chi connectivity index (χ2n) is 2.99. The van der Waals surface area contributed by atoms with E-state index in [9.17, 15) is 5.11 Å². The fourth-order valence-electron chi connectivity index (χ4n) is 1.93. The fourth-order valence-corrected chi connectivity index (χ4v) is 1.93. The Morgan fingerprint density at radius 1 is 1.29 bits per heavy atom. The molecule has 0 radical (unpaired) electrons. The standard InChI is InChI=1S/C6H10O/c1-3-5-4(2)6(3,5)7/h3-5,7H,1-2H3. The van der Waals surface area contributed by atoms with Crippen molar-refractivity contribution in [1.82, 2.24) is 0 Å². The molecule has 0 aliphatic heterocycles. The van der Waals surface area contributed by atoms with Crippen LogP contribution in [0.1, 0.15) is 13.8 Å². The van der Waals surface area contributed by atoms with Crippen molar-refractivity contribution in [2.45, 2.75) is 19.4 Å². The molecule has 2 fully saturated rings. The summed E-state index contributed by atoms with van der Waals surface area (Å²) in [6.45, 7) is 4.23. The topological polar surface area (TPSA) is 20.2 Å². The zero-order valence-corrected chi connectivity index (χ0v) is 4.68. The Morgan fingerprint density at radius 3 is 1.57 bits per heavy atom. The molecule has 0 bridgehead atoms. The first-order valence-electron chi connectivity index (χ1n) is 2.91. The van der Waals surface area contributed by atoms with Crippen molar-refractivity contribution in [1.29, 1.82) is 0 Å². The Bertz CT molecular complexity index is 109. The Hall–Kier alpha value is -0.0400. The average Bonchev–Trinajstić information content (AvgIpc) is 2.31. The second-order valence-corrected chi connectivity index (χ2v) is 2.99. The van der Waals surface area contributed by atoms with Crippen molar-refractivity contribution < 1.29 is 5.11 Å². The maximum absolute atomic E-state index is 9.24. The summed E-state index contributed by atoms with van der Waals surface area (Å²) in [6, 6.07) is 0. The normalized spacial score (nSPS) is 75.0. The first kappa shape index (κ1) is 3.90. The van der Waals surface area contributed by atoms with Gasteiger partial charge in [-0.3, -0.25) is 0 Å². The highest BCUT2D eigenvalue weighted by Crippen LogP contribution is 2.75. The minimum absolute atomic E-state index is 0.167. The van der Waals surface area contributed by atoms with E-state index in [2.05, 4.69) is 13.8 Å². The molecule has 2 aliphatic rings. The molecule has 0 saturated heterocycles. The molecule has 40 valence electrons. The number of hydrogen-bond donors (Lipinski definition) is 1. The first-order valence-corrected chi connectivity index (χ1v) is 2.91. The van der Waals surface area contributed by atoms with Gasteiger partial charge in [0.1, 0.15) is 0 Å². The van der Waals surface area contributed by atoms with Crippen LogP contribution in [0.25, 0.3) is 0 Å². The molecular formula is C6H10O. The molecule has 2 rings (SSSR count). The molecule has 2 saturated carbocycles. The highest BCUT2D eigenvalue weighted by Gasteiger charge is 2.82. The number of aliphatic hydroxyl groups is 1. The third-order valence-electron chi connectivity index (χ3n) is 2.85. The van der Waals surface area contributed by atoms with Crippen LogP contribution in [-0.2, 0) is 0 Å². The van der Waals surface area contributed by atoms with Crippen LogP contribution < -0.4 is 0 Å². The molecule has 1 heteroatoms. The van der Waals surface area contributed by atoms with Crippen molar-refractivity contribution >= 4 is 0 Å². The van der Waals surface area contributed by atoms with Gasteiger partial charge in [-0.25, -0.2) is 0 Å². The Morgan fingerprint density at radius 2 is 1.57 bits per heavy atom. The van der Waals surface area contributed by atoms with Crippen LogP contribution in [0.15, 0.2) is 0 Å². The van der Waals surface area contributed by atoms with E-state index in [0.717, 1.165) is 0 Å². The zero-order valence-electron chi connectivity index (χ0n) is 4.68. The highest BCUT2D eigenvalue weighted by molar-refractivity contribution is 5.31. The maximum atomic E-state index is 9.24. The second kappa shape index (κ2) is 0.655. The molecule has 0 amide bonds. The van der Waals surface area contributed by atoms with Crippen molar-refractivity contribution in [2.24, 2.45) is 17.8 Å². The molecule has 1 N–H and O–H groups in total. The third kappa shape index (κ3) is 0.194.